The molecule has 0 aliphatic carbocycles. The predicted octanol–water partition coefficient (Wildman–Crippen LogP) is 3.34. The summed E-state index contributed by atoms with van der Waals surface area (Å²) in [6.45, 7) is 6.48. The van der Waals surface area contributed by atoms with E-state index in [1.807, 2.05) is 42.5 Å². The maximum Gasteiger partial charge on any atom is 0.222 e. The van der Waals surface area contributed by atoms with Crippen LogP contribution in [0.1, 0.15) is 26.2 Å². The number of ether oxygens (including phenoxy) is 1. The van der Waals surface area contributed by atoms with E-state index < -0.39 is 0 Å². The Morgan fingerprint density at radius 3 is 2.73 bits per heavy atom. The van der Waals surface area contributed by atoms with Gasteiger partial charge >= 0.3 is 0 Å². The van der Waals surface area contributed by atoms with Crippen LogP contribution in [-0.4, -0.2) is 71.2 Å². The lowest BCUT2D eigenvalue weighted by atomic mass is 10.1. The van der Waals surface area contributed by atoms with Gasteiger partial charge in [-0.3, -0.25) is 9.78 Å². The first-order chi connectivity index (χ1) is 16.2. The number of aromatic nitrogens is 3. The van der Waals surface area contributed by atoms with Crippen molar-refractivity contribution in [1.29, 1.82) is 0 Å². The Kier molecular flexibility index (Phi) is 6.35. The zero-order chi connectivity index (χ0) is 22.6. The predicted molar refractivity (Wildman–Crippen MR) is 129 cm³/mol. The third-order valence-corrected chi connectivity index (χ3v) is 6.47. The topological polar surface area (TPSA) is 83.5 Å². The van der Waals surface area contributed by atoms with Crippen LogP contribution in [0.3, 0.4) is 0 Å². The average molecular weight is 447 g/mol. The maximum atomic E-state index is 12.1. The number of nitrogens with one attached hydrogen (secondary N) is 1. The molecule has 1 N–H and O–H groups in total. The number of hydrogen-bond donors (Lipinski definition) is 1. The molecule has 0 saturated carbocycles. The highest BCUT2D eigenvalue weighted by Gasteiger charge is 2.23. The Hall–Kier alpha value is -3.26. The Bertz CT molecular complexity index is 1120. The SMILES string of the molecule is CCC(=O)N1CCN(c2nc(-c3ccnc(NC4CCOCC4)c3)cc3cnccc23)CC1. The normalized spacial score (nSPS) is 17.4. The summed E-state index contributed by atoms with van der Waals surface area (Å²) in [5.41, 5.74) is 1.92. The van der Waals surface area contributed by atoms with E-state index in [2.05, 4.69) is 32.3 Å². The van der Waals surface area contributed by atoms with Gasteiger partial charge < -0.3 is 19.9 Å². The summed E-state index contributed by atoms with van der Waals surface area (Å²) in [5, 5.41) is 5.69. The van der Waals surface area contributed by atoms with Crippen molar-refractivity contribution in [2.24, 2.45) is 0 Å². The van der Waals surface area contributed by atoms with Crippen molar-refractivity contribution in [2.75, 3.05) is 49.6 Å². The third kappa shape index (κ3) is 4.75. The molecule has 8 heteroatoms. The number of pyridine rings is 3. The van der Waals surface area contributed by atoms with Gasteiger partial charge in [-0.2, -0.15) is 0 Å². The van der Waals surface area contributed by atoms with Gasteiger partial charge in [0.05, 0.1) is 5.69 Å². The number of nitrogens with zero attached hydrogens (tertiary/aromatic N) is 5. The molecule has 0 bridgehead atoms. The number of hydrogen-bond acceptors (Lipinski definition) is 7. The Morgan fingerprint density at radius 1 is 1.12 bits per heavy atom. The molecule has 0 spiro atoms. The van der Waals surface area contributed by atoms with E-state index in [4.69, 9.17) is 9.72 Å². The number of fused-ring (bicyclic) bond motifs is 1. The van der Waals surface area contributed by atoms with Crippen LogP contribution in [0.4, 0.5) is 11.6 Å². The lowest BCUT2D eigenvalue weighted by molar-refractivity contribution is -0.131. The lowest BCUT2D eigenvalue weighted by Crippen LogP contribution is -2.48. The fourth-order valence-corrected chi connectivity index (χ4v) is 4.58. The van der Waals surface area contributed by atoms with Crippen LogP contribution in [0.2, 0.25) is 0 Å². The summed E-state index contributed by atoms with van der Waals surface area (Å²) in [6, 6.07) is 8.57. The van der Waals surface area contributed by atoms with Crippen LogP contribution in [0.25, 0.3) is 22.0 Å². The Balaban J connectivity index is 1.44. The fraction of sp³-hybridized carbons (Fsp3) is 0.440. The molecule has 0 radical (unpaired) electrons. The molecule has 2 aliphatic rings. The van der Waals surface area contributed by atoms with Gasteiger partial charge in [-0.05, 0) is 37.1 Å². The van der Waals surface area contributed by atoms with Crippen molar-refractivity contribution >= 4 is 28.3 Å². The molecule has 8 nitrogen and oxygen atoms in total. The van der Waals surface area contributed by atoms with Crippen LogP contribution >= 0.6 is 0 Å². The van der Waals surface area contributed by atoms with E-state index in [0.717, 1.165) is 85.9 Å². The molecule has 0 aromatic carbocycles. The minimum absolute atomic E-state index is 0.215. The first-order valence-electron chi connectivity index (χ1n) is 11.8. The summed E-state index contributed by atoms with van der Waals surface area (Å²) in [7, 11) is 0. The molecule has 5 rings (SSSR count). The monoisotopic (exact) mass is 446 g/mol. The summed E-state index contributed by atoms with van der Waals surface area (Å²) in [4.78, 5) is 30.3. The molecule has 3 aromatic rings. The molecule has 2 saturated heterocycles. The molecule has 2 fully saturated rings. The highest BCUT2D eigenvalue weighted by atomic mass is 16.5. The minimum atomic E-state index is 0.215. The van der Waals surface area contributed by atoms with Gasteiger partial charge in [0.2, 0.25) is 5.91 Å². The van der Waals surface area contributed by atoms with Crippen molar-refractivity contribution in [3.8, 4) is 11.3 Å². The number of carbonyl (C=O) groups excluding carboxylic acids is 1. The highest BCUT2D eigenvalue weighted by molar-refractivity contribution is 5.94. The van der Waals surface area contributed by atoms with Crippen LogP contribution in [0.15, 0.2) is 42.9 Å². The summed E-state index contributed by atoms with van der Waals surface area (Å²) in [5.74, 6) is 2.02. The van der Waals surface area contributed by atoms with E-state index in [1.54, 1.807) is 0 Å². The van der Waals surface area contributed by atoms with E-state index in [0.29, 0.717) is 12.5 Å². The van der Waals surface area contributed by atoms with E-state index in [9.17, 15) is 4.79 Å². The van der Waals surface area contributed by atoms with E-state index in [1.165, 1.54) is 0 Å². The van der Waals surface area contributed by atoms with Gasteiger partial charge in [-0.15, -0.1) is 0 Å². The largest absolute Gasteiger partial charge is 0.381 e. The third-order valence-electron chi connectivity index (χ3n) is 6.47. The van der Waals surface area contributed by atoms with Crippen LogP contribution in [-0.2, 0) is 9.53 Å². The second-order valence-corrected chi connectivity index (χ2v) is 8.61. The van der Waals surface area contributed by atoms with Crippen LogP contribution in [0.5, 0.6) is 0 Å². The minimum Gasteiger partial charge on any atom is -0.381 e. The molecule has 33 heavy (non-hydrogen) atoms. The number of rotatable bonds is 5. The molecular weight excluding hydrogens is 416 g/mol. The van der Waals surface area contributed by atoms with Gasteiger partial charge in [0.25, 0.3) is 0 Å². The molecule has 1 amide bonds. The van der Waals surface area contributed by atoms with Crippen molar-refractivity contribution in [1.82, 2.24) is 19.9 Å². The second kappa shape index (κ2) is 9.70. The van der Waals surface area contributed by atoms with Crippen LogP contribution < -0.4 is 10.2 Å². The molecule has 5 heterocycles. The molecule has 0 atom stereocenters. The van der Waals surface area contributed by atoms with E-state index in [-0.39, 0.29) is 5.91 Å². The summed E-state index contributed by atoms with van der Waals surface area (Å²) in [6.07, 6.45) is 8.07. The van der Waals surface area contributed by atoms with Gasteiger partial charge in [-0.1, -0.05) is 6.92 Å². The number of anilines is 2. The quantitative estimate of drug-likeness (QED) is 0.644. The van der Waals surface area contributed by atoms with Crippen LogP contribution in [0, 0.1) is 0 Å². The Labute approximate surface area is 194 Å². The van der Waals surface area contributed by atoms with Crippen molar-refractivity contribution in [2.45, 2.75) is 32.2 Å². The van der Waals surface area contributed by atoms with E-state index >= 15 is 0 Å². The fourth-order valence-electron chi connectivity index (χ4n) is 4.58. The maximum absolute atomic E-state index is 12.1. The summed E-state index contributed by atoms with van der Waals surface area (Å²) < 4.78 is 5.47. The van der Waals surface area contributed by atoms with Gasteiger partial charge in [0.15, 0.2) is 0 Å². The standard InChI is InChI=1S/C25H30N6O2/c1-2-24(32)30-9-11-31(12-10-30)25-21-4-7-26-17-19(21)15-22(29-25)18-3-8-27-23(16-18)28-20-5-13-33-14-6-20/h3-4,7-8,15-17,20H,2,5-6,9-14H2,1H3,(H,27,28). The van der Waals surface area contributed by atoms with Gasteiger partial charge in [0.1, 0.15) is 11.6 Å². The number of carbonyl (C=O) groups is 1. The van der Waals surface area contributed by atoms with Crippen molar-refractivity contribution < 1.29 is 9.53 Å². The zero-order valence-electron chi connectivity index (χ0n) is 19.0. The lowest BCUT2D eigenvalue weighted by Gasteiger charge is -2.36. The molecule has 172 valence electrons. The first-order valence-corrected chi connectivity index (χ1v) is 11.8. The molecule has 2 aliphatic heterocycles. The van der Waals surface area contributed by atoms with Gasteiger partial charge in [-0.25, -0.2) is 9.97 Å². The number of piperazine rings is 1. The molecular formula is C25H30N6O2. The second-order valence-electron chi connectivity index (χ2n) is 8.61. The first kappa shape index (κ1) is 21.6. The van der Waals surface area contributed by atoms with Crippen molar-refractivity contribution in [3.63, 3.8) is 0 Å². The highest BCUT2D eigenvalue weighted by Crippen LogP contribution is 2.31. The summed E-state index contributed by atoms with van der Waals surface area (Å²) >= 11 is 0. The smallest absolute Gasteiger partial charge is 0.222 e. The Morgan fingerprint density at radius 2 is 1.94 bits per heavy atom. The zero-order valence-corrected chi connectivity index (χ0v) is 19.0. The van der Waals surface area contributed by atoms with Gasteiger partial charge in [0, 0.05) is 86.8 Å². The average Bonchev–Trinajstić information content (AvgIpc) is 2.88. The molecule has 3 aromatic heterocycles. The number of amides is 1. The van der Waals surface area contributed by atoms with Crippen molar-refractivity contribution in [3.05, 3.63) is 42.9 Å². The molecule has 0 unspecified atom stereocenters.